The van der Waals surface area contributed by atoms with Crippen molar-refractivity contribution in [3.8, 4) is 10.7 Å². The van der Waals surface area contributed by atoms with Crippen LogP contribution in [0, 0.1) is 0 Å². The Labute approximate surface area is 115 Å². The third-order valence-corrected chi connectivity index (χ3v) is 3.59. The van der Waals surface area contributed by atoms with Gasteiger partial charge in [-0.05, 0) is 18.6 Å². The van der Waals surface area contributed by atoms with Gasteiger partial charge in [0, 0.05) is 0 Å². The standard InChI is InChI=1S/C12H12N4S.ClH/c1-2-7-10(17-12(13)16-7)11-14-8-5-3-4-6-9(8)15-11;/h3-6H,2H2,1H3,(H2,13,16)(H,14,15);1H. The minimum atomic E-state index is 0. The Balaban J connectivity index is 0.00000120. The van der Waals surface area contributed by atoms with Gasteiger partial charge in [-0.2, -0.15) is 0 Å². The predicted octanol–water partition coefficient (Wildman–Crippen LogP) is 3.25. The van der Waals surface area contributed by atoms with Crippen molar-refractivity contribution >= 4 is 39.9 Å². The van der Waals surface area contributed by atoms with E-state index in [2.05, 4.69) is 21.9 Å². The van der Waals surface area contributed by atoms with Crippen LogP contribution < -0.4 is 5.73 Å². The molecule has 3 rings (SSSR count). The molecule has 94 valence electrons. The molecule has 0 aliphatic heterocycles. The molecule has 4 nitrogen and oxygen atoms in total. The Morgan fingerprint density at radius 1 is 1.28 bits per heavy atom. The number of thiazole rings is 1. The number of rotatable bonds is 2. The smallest absolute Gasteiger partial charge is 0.180 e. The Kier molecular flexibility index (Phi) is 3.54. The van der Waals surface area contributed by atoms with E-state index in [0.717, 1.165) is 33.8 Å². The molecule has 2 aromatic heterocycles. The molecule has 0 aliphatic carbocycles. The van der Waals surface area contributed by atoms with Crippen molar-refractivity contribution in [3.63, 3.8) is 0 Å². The number of aromatic nitrogens is 3. The summed E-state index contributed by atoms with van der Waals surface area (Å²) in [5.74, 6) is 0.859. The molecule has 0 spiro atoms. The molecule has 0 fully saturated rings. The maximum Gasteiger partial charge on any atom is 0.180 e. The first kappa shape index (κ1) is 12.9. The number of nitrogens with zero attached hydrogens (tertiary/aromatic N) is 2. The van der Waals surface area contributed by atoms with Gasteiger partial charge in [0.15, 0.2) is 11.0 Å². The number of hydrogen-bond acceptors (Lipinski definition) is 4. The van der Waals surface area contributed by atoms with E-state index in [0.29, 0.717) is 5.13 Å². The van der Waals surface area contributed by atoms with E-state index in [9.17, 15) is 0 Å². The number of imidazole rings is 1. The van der Waals surface area contributed by atoms with E-state index in [-0.39, 0.29) is 12.4 Å². The van der Waals surface area contributed by atoms with Crippen molar-refractivity contribution in [3.05, 3.63) is 30.0 Å². The largest absolute Gasteiger partial charge is 0.375 e. The van der Waals surface area contributed by atoms with Gasteiger partial charge in [-0.3, -0.25) is 0 Å². The average molecular weight is 281 g/mol. The molecule has 0 atom stereocenters. The van der Waals surface area contributed by atoms with Crippen molar-refractivity contribution in [1.29, 1.82) is 0 Å². The number of para-hydroxylation sites is 2. The molecular formula is C12H13ClN4S. The zero-order chi connectivity index (χ0) is 11.8. The zero-order valence-corrected chi connectivity index (χ0v) is 11.4. The lowest BCUT2D eigenvalue weighted by atomic mass is 10.3. The van der Waals surface area contributed by atoms with Gasteiger partial charge in [0.1, 0.15) is 0 Å². The number of fused-ring (bicyclic) bond motifs is 1. The maximum absolute atomic E-state index is 5.75. The third-order valence-electron chi connectivity index (χ3n) is 2.65. The Morgan fingerprint density at radius 3 is 2.78 bits per heavy atom. The van der Waals surface area contributed by atoms with Crippen LogP contribution in [0.25, 0.3) is 21.7 Å². The molecule has 3 aromatic rings. The first-order valence-electron chi connectivity index (χ1n) is 5.48. The lowest BCUT2D eigenvalue weighted by Gasteiger charge is -1.93. The minimum Gasteiger partial charge on any atom is -0.375 e. The van der Waals surface area contributed by atoms with E-state index < -0.39 is 0 Å². The average Bonchev–Trinajstić information content (AvgIpc) is 2.91. The van der Waals surface area contributed by atoms with Crippen LogP contribution in [-0.2, 0) is 6.42 Å². The lowest BCUT2D eigenvalue weighted by Crippen LogP contribution is -1.86. The van der Waals surface area contributed by atoms with Crippen LogP contribution in [-0.4, -0.2) is 15.0 Å². The molecule has 0 saturated heterocycles. The molecule has 18 heavy (non-hydrogen) atoms. The number of anilines is 1. The van der Waals surface area contributed by atoms with Gasteiger partial charge < -0.3 is 10.7 Å². The van der Waals surface area contributed by atoms with Crippen LogP contribution in [0.15, 0.2) is 24.3 Å². The second kappa shape index (κ2) is 4.96. The predicted molar refractivity (Wildman–Crippen MR) is 78.2 cm³/mol. The lowest BCUT2D eigenvalue weighted by molar-refractivity contribution is 1.06. The fourth-order valence-electron chi connectivity index (χ4n) is 1.86. The highest BCUT2D eigenvalue weighted by Crippen LogP contribution is 2.31. The first-order valence-corrected chi connectivity index (χ1v) is 6.30. The SMILES string of the molecule is CCc1nc(N)sc1-c1nc2ccccc2[nH]1.Cl. The van der Waals surface area contributed by atoms with Gasteiger partial charge in [-0.1, -0.05) is 30.4 Å². The molecule has 0 saturated carbocycles. The molecule has 2 heterocycles. The van der Waals surface area contributed by atoms with Gasteiger partial charge >= 0.3 is 0 Å². The van der Waals surface area contributed by atoms with Gasteiger partial charge in [-0.25, -0.2) is 9.97 Å². The molecule has 3 N–H and O–H groups in total. The van der Waals surface area contributed by atoms with E-state index in [1.165, 1.54) is 11.3 Å². The Morgan fingerprint density at radius 2 is 2.06 bits per heavy atom. The van der Waals surface area contributed by atoms with Crippen molar-refractivity contribution in [2.24, 2.45) is 0 Å². The number of nitrogen functional groups attached to an aromatic ring is 1. The molecule has 0 aliphatic rings. The molecule has 0 radical (unpaired) electrons. The second-order valence-corrected chi connectivity index (χ2v) is 4.81. The summed E-state index contributed by atoms with van der Waals surface area (Å²) in [4.78, 5) is 13.2. The molecular weight excluding hydrogens is 268 g/mol. The zero-order valence-electron chi connectivity index (χ0n) is 9.80. The number of aryl methyl sites for hydroxylation is 1. The summed E-state index contributed by atoms with van der Waals surface area (Å²) in [5.41, 5.74) is 8.77. The van der Waals surface area contributed by atoms with Crippen LogP contribution in [0.3, 0.4) is 0 Å². The Bertz CT molecular complexity index is 641. The number of benzene rings is 1. The fraction of sp³-hybridized carbons (Fsp3) is 0.167. The summed E-state index contributed by atoms with van der Waals surface area (Å²) in [6, 6.07) is 7.98. The van der Waals surface area contributed by atoms with Crippen molar-refractivity contribution in [2.45, 2.75) is 13.3 Å². The summed E-state index contributed by atoms with van der Waals surface area (Å²) in [5, 5.41) is 0.595. The van der Waals surface area contributed by atoms with Crippen molar-refractivity contribution in [1.82, 2.24) is 15.0 Å². The minimum absolute atomic E-state index is 0. The number of halogens is 1. The van der Waals surface area contributed by atoms with Gasteiger partial charge in [-0.15, -0.1) is 12.4 Å². The highest BCUT2D eigenvalue weighted by Gasteiger charge is 2.13. The summed E-state index contributed by atoms with van der Waals surface area (Å²) in [6.45, 7) is 2.07. The first-order chi connectivity index (χ1) is 8.28. The highest BCUT2D eigenvalue weighted by atomic mass is 35.5. The molecule has 0 amide bonds. The molecule has 6 heteroatoms. The van der Waals surface area contributed by atoms with Crippen LogP contribution in [0.5, 0.6) is 0 Å². The fourth-order valence-corrected chi connectivity index (χ4v) is 2.72. The van der Waals surface area contributed by atoms with E-state index in [4.69, 9.17) is 5.73 Å². The normalized spacial score (nSPS) is 10.5. The quantitative estimate of drug-likeness (QED) is 0.757. The topological polar surface area (TPSA) is 67.6 Å². The second-order valence-electron chi connectivity index (χ2n) is 3.78. The summed E-state index contributed by atoms with van der Waals surface area (Å²) in [7, 11) is 0. The molecule has 0 unspecified atom stereocenters. The maximum atomic E-state index is 5.75. The van der Waals surface area contributed by atoms with Gasteiger partial charge in [0.2, 0.25) is 0 Å². The third kappa shape index (κ3) is 2.07. The monoisotopic (exact) mass is 280 g/mol. The molecule has 0 bridgehead atoms. The Hall–Kier alpha value is -1.59. The van der Waals surface area contributed by atoms with Crippen molar-refractivity contribution in [2.75, 3.05) is 5.73 Å². The van der Waals surface area contributed by atoms with Crippen LogP contribution in [0.4, 0.5) is 5.13 Å². The molecule has 1 aromatic carbocycles. The van der Waals surface area contributed by atoms with E-state index in [1.807, 2.05) is 24.3 Å². The van der Waals surface area contributed by atoms with Crippen LogP contribution >= 0.6 is 23.7 Å². The van der Waals surface area contributed by atoms with Gasteiger partial charge in [0.25, 0.3) is 0 Å². The van der Waals surface area contributed by atoms with Crippen LogP contribution in [0.1, 0.15) is 12.6 Å². The number of H-pyrrole nitrogens is 1. The van der Waals surface area contributed by atoms with Crippen LogP contribution in [0.2, 0.25) is 0 Å². The number of nitrogens with two attached hydrogens (primary N) is 1. The van der Waals surface area contributed by atoms with E-state index >= 15 is 0 Å². The summed E-state index contributed by atoms with van der Waals surface area (Å²) in [6.07, 6.45) is 0.861. The number of nitrogens with one attached hydrogen (secondary N) is 1. The summed E-state index contributed by atoms with van der Waals surface area (Å²) < 4.78 is 0. The highest BCUT2D eigenvalue weighted by molar-refractivity contribution is 7.18. The summed E-state index contributed by atoms with van der Waals surface area (Å²) >= 11 is 1.48. The number of aromatic amines is 1. The number of hydrogen-bond donors (Lipinski definition) is 2. The van der Waals surface area contributed by atoms with E-state index in [1.54, 1.807) is 0 Å². The van der Waals surface area contributed by atoms with Gasteiger partial charge in [0.05, 0.1) is 21.6 Å². The van der Waals surface area contributed by atoms with Crippen molar-refractivity contribution < 1.29 is 0 Å².